The first-order valence-corrected chi connectivity index (χ1v) is 15.7. The molecular weight excluding hydrogens is 547 g/mol. The molecule has 5 heteroatoms. The van der Waals surface area contributed by atoms with Crippen LogP contribution in [0.25, 0.3) is 44.4 Å². The molecular formula is C36H46N4Ni. The van der Waals surface area contributed by atoms with Crippen LogP contribution in [0, 0.1) is 0 Å². The van der Waals surface area contributed by atoms with Crippen LogP contribution < -0.4 is 0 Å². The third-order valence-electron chi connectivity index (χ3n) is 8.97. The summed E-state index contributed by atoms with van der Waals surface area (Å²) in [6, 6.07) is 9.24. The molecule has 2 aliphatic heterocycles. The number of nitrogens with one attached hydrogen (secondary N) is 2. The minimum atomic E-state index is 0. The Morgan fingerprint density at radius 2 is 0.659 bits per heavy atom. The van der Waals surface area contributed by atoms with Crippen molar-refractivity contribution in [1.82, 2.24) is 19.9 Å². The van der Waals surface area contributed by atoms with Gasteiger partial charge in [0.2, 0.25) is 0 Å². The minimum absolute atomic E-state index is 0. The van der Waals surface area contributed by atoms with Crippen LogP contribution in [0.2, 0.25) is 0 Å². The zero-order valence-electron chi connectivity index (χ0n) is 26.2. The Balaban J connectivity index is 0.00000387. The number of aromatic amines is 2. The van der Waals surface area contributed by atoms with Crippen molar-refractivity contribution < 1.29 is 16.5 Å². The molecule has 0 aliphatic carbocycles. The normalized spacial score (nSPS) is 13.3. The van der Waals surface area contributed by atoms with E-state index in [1.807, 2.05) is 0 Å². The largest absolute Gasteiger partial charge is 0.355 e. The number of fused-ring (bicyclic) bond motifs is 8. The van der Waals surface area contributed by atoms with Gasteiger partial charge in [-0.15, -0.1) is 0 Å². The molecule has 5 rings (SSSR count). The Morgan fingerprint density at radius 1 is 0.390 bits per heavy atom. The van der Waals surface area contributed by atoms with E-state index >= 15 is 0 Å². The van der Waals surface area contributed by atoms with E-state index in [2.05, 4.69) is 89.6 Å². The second kappa shape index (κ2) is 12.9. The summed E-state index contributed by atoms with van der Waals surface area (Å²) in [5.74, 6) is 0. The fraction of sp³-hybridized carbons (Fsp3) is 0.444. The van der Waals surface area contributed by atoms with Crippen LogP contribution in [0.1, 0.15) is 126 Å². The molecule has 0 amide bonds. The summed E-state index contributed by atoms with van der Waals surface area (Å²) >= 11 is 0. The summed E-state index contributed by atoms with van der Waals surface area (Å²) in [6.07, 6.45) is 7.84. The second-order valence-electron chi connectivity index (χ2n) is 10.9. The van der Waals surface area contributed by atoms with E-state index in [0.29, 0.717) is 0 Å². The summed E-state index contributed by atoms with van der Waals surface area (Å²) in [7, 11) is 0. The first-order chi connectivity index (χ1) is 19.5. The summed E-state index contributed by atoms with van der Waals surface area (Å²) in [5, 5.41) is 0. The van der Waals surface area contributed by atoms with Gasteiger partial charge in [-0.2, -0.15) is 0 Å². The number of allylic oxidation sites excluding steroid dienone is 4. The monoisotopic (exact) mass is 592 g/mol. The molecule has 41 heavy (non-hydrogen) atoms. The molecule has 4 nitrogen and oxygen atoms in total. The van der Waals surface area contributed by atoms with Gasteiger partial charge in [-0.1, -0.05) is 55.4 Å². The molecule has 8 bridgehead atoms. The predicted molar refractivity (Wildman–Crippen MR) is 173 cm³/mol. The van der Waals surface area contributed by atoms with Gasteiger partial charge < -0.3 is 9.97 Å². The van der Waals surface area contributed by atoms with Crippen molar-refractivity contribution in [3.8, 4) is 0 Å². The Morgan fingerprint density at radius 3 is 0.927 bits per heavy atom. The van der Waals surface area contributed by atoms with Crippen LogP contribution in [0.4, 0.5) is 0 Å². The maximum Gasteiger partial charge on any atom is 0.0694 e. The molecule has 220 valence electrons. The quantitative estimate of drug-likeness (QED) is 0.256. The Hall–Kier alpha value is -2.91. The average Bonchev–Trinajstić information content (AvgIpc) is 3.67. The van der Waals surface area contributed by atoms with Gasteiger partial charge in [0.1, 0.15) is 0 Å². The van der Waals surface area contributed by atoms with Crippen LogP contribution in [-0.4, -0.2) is 19.9 Å². The molecule has 0 saturated heterocycles. The number of hydrogen-bond acceptors (Lipinski definition) is 2. The number of nitrogens with zero attached hydrogens (tertiary/aromatic N) is 2. The average molecular weight is 593 g/mol. The van der Waals surface area contributed by atoms with Crippen molar-refractivity contribution in [2.45, 2.75) is 107 Å². The van der Waals surface area contributed by atoms with Crippen molar-refractivity contribution in [2.24, 2.45) is 0 Å². The maximum absolute atomic E-state index is 5.28. The van der Waals surface area contributed by atoms with E-state index < -0.39 is 0 Å². The number of rotatable bonds is 8. The van der Waals surface area contributed by atoms with Crippen molar-refractivity contribution >= 4 is 44.4 Å². The predicted octanol–water partition coefficient (Wildman–Crippen LogP) is 10.0. The van der Waals surface area contributed by atoms with E-state index in [-0.39, 0.29) is 16.5 Å². The van der Waals surface area contributed by atoms with Crippen LogP contribution >= 0.6 is 0 Å². The minimum Gasteiger partial charge on any atom is -0.355 e. The Labute approximate surface area is 256 Å². The zero-order valence-corrected chi connectivity index (χ0v) is 27.2. The van der Waals surface area contributed by atoms with Gasteiger partial charge in [0.05, 0.1) is 22.8 Å². The van der Waals surface area contributed by atoms with Crippen LogP contribution in [0.5, 0.6) is 0 Å². The topological polar surface area (TPSA) is 57.4 Å². The first kappa shape index (κ1) is 31.0. The molecule has 0 saturated carbocycles. The van der Waals surface area contributed by atoms with Gasteiger partial charge in [0.15, 0.2) is 0 Å². The van der Waals surface area contributed by atoms with Gasteiger partial charge in [0, 0.05) is 38.6 Å². The number of aryl methyl sites for hydroxylation is 4. The Kier molecular flexibility index (Phi) is 9.80. The third kappa shape index (κ3) is 5.27. The van der Waals surface area contributed by atoms with E-state index in [9.17, 15) is 0 Å². The summed E-state index contributed by atoms with van der Waals surface area (Å²) < 4.78 is 0. The SMILES string of the molecule is CCC1=C(CC)c2cc3[nH]c(cc4[nH]c(cc5nc(cc1n2)C(CC)=C5CC)c(CC)c4CC)c(CC)c3CC.[Ni]. The fourth-order valence-electron chi connectivity index (χ4n) is 7.10. The van der Waals surface area contributed by atoms with Crippen LogP contribution in [0.15, 0.2) is 24.3 Å². The van der Waals surface area contributed by atoms with E-state index in [0.717, 1.165) is 74.1 Å². The molecule has 3 aromatic heterocycles. The maximum atomic E-state index is 5.28. The Bertz CT molecular complexity index is 1560. The van der Waals surface area contributed by atoms with Crippen molar-refractivity contribution in [3.63, 3.8) is 0 Å². The molecule has 0 unspecified atom stereocenters. The molecule has 0 fully saturated rings. The molecule has 0 radical (unpaired) electrons. The van der Waals surface area contributed by atoms with Gasteiger partial charge in [-0.05, 0) is 120 Å². The van der Waals surface area contributed by atoms with Crippen LogP contribution in [-0.2, 0) is 42.2 Å². The van der Waals surface area contributed by atoms with Gasteiger partial charge in [0.25, 0.3) is 0 Å². The number of H-pyrrole nitrogens is 2. The van der Waals surface area contributed by atoms with Crippen LogP contribution in [0.3, 0.4) is 0 Å². The summed E-state index contributed by atoms with van der Waals surface area (Å²) in [5.41, 5.74) is 20.2. The number of hydrogen-bond donors (Lipinski definition) is 2. The van der Waals surface area contributed by atoms with Crippen molar-refractivity contribution in [3.05, 3.63) is 69.3 Å². The molecule has 2 aliphatic rings. The zero-order chi connectivity index (χ0) is 28.6. The van der Waals surface area contributed by atoms with E-state index in [4.69, 9.17) is 9.97 Å². The summed E-state index contributed by atoms with van der Waals surface area (Å²) in [4.78, 5) is 18.2. The molecule has 0 spiro atoms. The third-order valence-corrected chi connectivity index (χ3v) is 8.97. The number of aromatic nitrogens is 4. The van der Waals surface area contributed by atoms with Gasteiger partial charge in [-0.25, -0.2) is 9.97 Å². The smallest absolute Gasteiger partial charge is 0.0694 e. The first-order valence-electron chi connectivity index (χ1n) is 15.7. The van der Waals surface area contributed by atoms with E-state index in [1.165, 1.54) is 66.6 Å². The molecule has 5 heterocycles. The second-order valence-corrected chi connectivity index (χ2v) is 10.9. The molecule has 3 aromatic rings. The fourth-order valence-corrected chi connectivity index (χ4v) is 7.10. The van der Waals surface area contributed by atoms with Crippen molar-refractivity contribution in [1.29, 1.82) is 0 Å². The van der Waals surface area contributed by atoms with Gasteiger partial charge >= 0.3 is 0 Å². The van der Waals surface area contributed by atoms with Gasteiger partial charge in [-0.3, -0.25) is 0 Å². The molecule has 0 atom stereocenters. The molecule has 2 N–H and O–H groups in total. The molecule has 0 aromatic carbocycles. The van der Waals surface area contributed by atoms with E-state index in [1.54, 1.807) is 0 Å². The standard InChI is InChI=1S/C36H46N4.Ni/c1-9-21-22(10-2)30-18-32-25(13-5)26(14-6)34(39-32)20-36-28(16-8)27(15-7)35(40-36)19-33-24(12-4)23(11-3)31(38-33)17-29(21)37-30;/h17-20,37-38H,9-16H2,1-8H3;. The summed E-state index contributed by atoms with van der Waals surface area (Å²) in [6.45, 7) is 18.1. The van der Waals surface area contributed by atoms with Crippen molar-refractivity contribution in [2.75, 3.05) is 0 Å².